The highest BCUT2D eigenvalue weighted by molar-refractivity contribution is 5.17. The minimum atomic E-state index is -0.0975. The van der Waals surface area contributed by atoms with Crippen LogP contribution in [0.5, 0.6) is 0 Å². The number of hydrogen-bond donors (Lipinski definition) is 1. The van der Waals surface area contributed by atoms with Crippen molar-refractivity contribution in [3.8, 4) is 0 Å². The summed E-state index contributed by atoms with van der Waals surface area (Å²) >= 11 is 0. The smallest absolute Gasteiger partial charge is 0.0807 e. The van der Waals surface area contributed by atoms with Crippen molar-refractivity contribution in [1.29, 1.82) is 0 Å². The molecule has 0 saturated carbocycles. The van der Waals surface area contributed by atoms with Crippen LogP contribution in [0.15, 0.2) is 30.3 Å². The Morgan fingerprint density at radius 2 is 1.84 bits per heavy atom. The summed E-state index contributed by atoms with van der Waals surface area (Å²) in [6.45, 7) is 10.5. The molecule has 0 aliphatic carbocycles. The van der Waals surface area contributed by atoms with Crippen molar-refractivity contribution in [1.82, 2.24) is 5.32 Å². The topological polar surface area (TPSA) is 21.3 Å². The molecule has 0 aromatic heterocycles. The van der Waals surface area contributed by atoms with Crippen molar-refractivity contribution in [2.24, 2.45) is 0 Å². The van der Waals surface area contributed by atoms with E-state index >= 15 is 0 Å². The first-order valence-electron chi connectivity index (χ1n) is 7.57. The lowest BCUT2D eigenvalue weighted by Crippen LogP contribution is -2.51. The van der Waals surface area contributed by atoms with E-state index < -0.39 is 0 Å². The molecule has 1 aromatic carbocycles. The van der Waals surface area contributed by atoms with E-state index in [1.165, 1.54) is 5.56 Å². The predicted molar refractivity (Wildman–Crippen MR) is 82.5 cm³/mol. The lowest BCUT2D eigenvalue weighted by molar-refractivity contribution is -0.0549. The van der Waals surface area contributed by atoms with Gasteiger partial charge in [0.2, 0.25) is 0 Å². The molecule has 2 atom stereocenters. The molecule has 0 amide bonds. The summed E-state index contributed by atoms with van der Waals surface area (Å²) in [7, 11) is 0. The Balaban J connectivity index is 2.80. The summed E-state index contributed by atoms with van der Waals surface area (Å²) in [4.78, 5) is 0. The Hall–Kier alpha value is -0.860. The molecule has 0 spiro atoms. The van der Waals surface area contributed by atoms with Gasteiger partial charge in [0.1, 0.15) is 0 Å². The third-order valence-electron chi connectivity index (χ3n) is 3.84. The van der Waals surface area contributed by atoms with Crippen LogP contribution in [0.3, 0.4) is 0 Å². The van der Waals surface area contributed by atoms with Crippen molar-refractivity contribution in [2.75, 3.05) is 13.2 Å². The van der Waals surface area contributed by atoms with E-state index in [0.29, 0.717) is 6.04 Å². The van der Waals surface area contributed by atoms with Crippen LogP contribution in [0.1, 0.15) is 46.1 Å². The monoisotopic (exact) mass is 263 g/mol. The van der Waals surface area contributed by atoms with Gasteiger partial charge in [-0.3, -0.25) is 0 Å². The maximum absolute atomic E-state index is 6.05. The van der Waals surface area contributed by atoms with Gasteiger partial charge < -0.3 is 10.1 Å². The number of hydrogen-bond acceptors (Lipinski definition) is 2. The molecular weight excluding hydrogens is 234 g/mol. The number of ether oxygens (including phenoxy) is 1. The van der Waals surface area contributed by atoms with Gasteiger partial charge >= 0.3 is 0 Å². The first kappa shape index (κ1) is 16.2. The highest BCUT2D eigenvalue weighted by Gasteiger charge is 2.32. The largest absolute Gasteiger partial charge is 0.374 e. The predicted octanol–water partition coefficient (Wildman–Crippen LogP) is 3.80. The van der Waals surface area contributed by atoms with E-state index in [4.69, 9.17) is 4.74 Å². The maximum Gasteiger partial charge on any atom is 0.0807 e. The zero-order valence-corrected chi connectivity index (χ0v) is 12.9. The van der Waals surface area contributed by atoms with E-state index in [2.05, 4.69) is 63.3 Å². The summed E-state index contributed by atoms with van der Waals surface area (Å²) in [5.74, 6) is 0. The summed E-state index contributed by atoms with van der Waals surface area (Å²) in [6, 6.07) is 11.0. The molecule has 1 rings (SSSR count). The second-order valence-electron chi connectivity index (χ2n) is 5.30. The molecule has 0 aliphatic heterocycles. The van der Waals surface area contributed by atoms with Crippen LogP contribution < -0.4 is 5.32 Å². The van der Waals surface area contributed by atoms with Gasteiger partial charge in [0, 0.05) is 12.6 Å². The molecule has 2 heteroatoms. The fraction of sp³-hybridized carbons (Fsp3) is 0.647. The highest BCUT2D eigenvalue weighted by atomic mass is 16.5. The van der Waals surface area contributed by atoms with Crippen molar-refractivity contribution in [3.63, 3.8) is 0 Å². The average molecular weight is 263 g/mol. The Labute approximate surface area is 118 Å². The van der Waals surface area contributed by atoms with Gasteiger partial charge in [-0.15, -0.1) is 0 Å². The minimum Gasteiger partial charge on any atom is -0.374 e. The summed E-state index contributed by atoms with van der Waals surface area (Å²) in [5, 5.41) is 3.67. The van der Waals surface area contributed by atoms with Crippen molar-refractivity contribution >= 4 is 0 Å². The van der Waals surface area contributed by atoms with Crippen molar-refractivity contribution < 1.29 is 4.74 Å². The van der Waals surface area contributed by atoms with Crippen LogP contribution in [0, 0.1) is 0 Å². The van der Waals surface area contributed by atoms with Crippen LogP contribution in [0.2, 0.25) is 0 Å². The van der Waals surface area contributed by atoms with Crippen molar-refractivity contribution in [2.45, 2.75) is 58.6 Å². The van der Waals surface area contributed by atoms with Crippen LogP contribution in [-0.4, -0.2) is 24.8 Å². The van der Waals surface area contributed by atoms with Gasteiger partial charge in [0.25, 0.3) is 0 Å². The first-order chi connectivity index (χ1) is 9.16. The third-order valence-corrected chi connectivity index (χ3v) is 3.84. The van der Waals surface area contributed by atoms with Crippen LogP contribution >= 0.6 is 0 Å². The lowest BCUT2D eigenvalue weighted by atomic mass is 9.88. The lowest BCUT2D eigenvalue weighted by Gasteiger charge is -2.37. The van der Waals surface area contributed by atoms with Gasteiger partial charge in [-0.25, -0.2) is 0 Å². The SMILES string of the molecule is CCCNC(Cc1ccccc1)C(C)(CC)OCC. The maximum atomic E-state index is 6.05. The zero-order valence-electron chi connectivity index (χ0n) is 12.9. The molecule has 2 nitrogen and oxygen atoms in total. The molecule has 2 unspecified atom stereocenters. The fourth-order valence-corrected chi connectivity index (χ4v) is 2.45. The second-order valence-corrected chi connectivity index (χ2v) is 5.30. The van der Waals surface area contributed by atoms with Crippen LogP contribution in [0.25, 0.3) is 0 Å². The Kier molecular flexibility index (Phi) is 7.11. The molecule has 0 bridgehead atoms. The summed E-state index contributed by atoms with van der Waals surface area (Å²) in [5.41, 5.74) is 1.27. The van der Waals surface area contributed by atoms with E-state index in [1.807, 2.05) is 0 Å². The van der Waals surface area contributed by atoms with Crippen molar-refractivity contribution in [3.05, 3.63) is 35.9 Å². The van der Waals surface area contributed by atoms with Gasteiger partial charge in [-0.05, 0) is 45.2 Å². The molecule has 0 saturated heterocycles. The molecule has 0 radical (unpaired) electrons. The van der Waals surface area contributed by atoms with Gasteiger partial charge in [0.05, 0.1) is 5.60 Å². The third kappa shape index (κ3) is 4.96. The number of nitrogens with one attached hydrogen (secondary N) is 1. The zero-order chi connectivity index (χ0) is 14.1. The number of rotatable bonds is 9. The van der Waals surface area contributed by atoms with Gasteiger partial charge in [0.15, 0.2) is 0 Å². The summed E-state index contributed by atoms with van der Waals surface area (Å²) in [6.07, 6.45) is 3.19. The molecular formula is C17H29NO. The normalized spacial score (nSPS) is 16.0. The summed E-state index contributed by atoms with van der Waals surface area (Å²) < 4.78 is 6.05. The molecule has 0 heterocycles. The minimum absolute atomic E-state index is 0.0975. The van der Waals surface area contributed by atoms with E-state index in [9.17, 15) is 0 Å². The molecule has 1 aromatic rings. The van der Waals surface area contributed by atoms with E-state index in [1.54, 1.807) is 0 Å². The molecule has 0 aliphatic rings. The standard InChI is InChI=1S/C17H29NO/c1-5-13-18-16(17(4,6-2)19-7-3)14-15-11-9-8-10-12-15/h8-12,16,18H,5-7,13-14H2,1-4H3. The van der Waals surface area contributed by atoms with E-state index in [-0.39, 0.29) is 5.60 Å². The van der Waals surface area contributed by atoms with Gasteiger partial charge in [-0.1, -0.05) is 44.2 Å². The first-order valence-corrected chi connectivity index (χ1v) is 7.57. The average Bonchev–Trinajstić information content (AvgIpc) is 2.44. The molecule has 19 heavy (non-hydrogen) atoms. The fourth-order valence-electron chi connectivity index (χ4n) is 2.45. The Morgan fingerprint density at radius 3 is 2.37 bits per heavy atom. The highest BCUT2D eigenvalue weighted by Crippen LogP contribution is 2.23. The van der Waals surface area contributed by atoms with Crippen LogP contribution in [-0.2, 0) is 11.2 Å². The van der Waals surface area contributed by atoms with Crippen LogP contribution in [0.4, 0.5) is 0 Å². The van der Waals surface area contributed by atoms with E-state index in [0.717, 1.165) is 32.4 Å². The molecule has 0 fully saturated rings. The molecule has 108 valence electrons. The Bertz CT molecular complexity index is 338. The van der Waals surface area contributed by atoms with Gasteiger partial charge in [-0.2, -0.15) is 0 Å². The second kappa shape index (κ2) is 8.34. The quantitative estimate of drug-likeness (QED) is 0.731. The Morgan fingerprint density at radius 1 is 1.16 bits per heavy atom. The molecule has 1 N–H and O–H groups in total. The number of benzene rings is 1.